The summed E-state index contributed by atoms with van der Waals surface area (Å²) < 4.78 is 24.6. The van der Waals surface area contributed by atoms with E-state index in [-0.39, 0.29) is 11.5 Å². The molecule has 0 saturated carbocycles. The average molecular weight is 434 g/mol. The predicted molar refractivity (Wildman–Crippen MR) is 124 cm³/mol. The molecule has 0 spiro atoms. The molecule has 1 atom stereocenters. The van der Waals surface area contributed by atoms with Crippen molar-refractivity contribution in [1.29, 1.82) is 0 Å². The van der Waals surface area contributed by atoms with Gasteiger partial charge in [0.05, 0.1) is 18.1 Å². The Labute approximate surface area is 179 Å². The summed E-state index contributed by atoms with van der Waals surface area (Å²) in [6.07, 6.45) is 0.550. The van der Waals surface area contributed by atoms with Crippen LogP contribution in [-0.4, -0.2) is 45.0 Å². The number of nitrogens with one attached hydrogen (secondary N) is 2. The van der Waals surface area contributed by atoms with Gasteiger partial charge in [0, 0.05) is 23.2 Å². The molecule has 0 aromatic heterocycles. The summed E-state index contributed by atoms with van der Waals surface area (Å²) in [5.41, 5.74) is 0.834. The Hall–Kier alpha value is -1.99. The molecule has 2 aromatic carbocycles. The lowest BCUT2D eigenvalue weighted by Gasteiger charge is -2.13. The molecular weight excluding hydrogens is 402 g/mol. The summed E-state index contributed by atoms with van der Waals surface area (Å²) in [6, 6.07) is 19.6. The fourth-order valence-corrected chi connectivity index (χ4v) is 5.09. The van der Waals surface area contributed by atoms with E-state index in [2.05, 4.69) is 34.7 Å². The molecule has 29 heavy (non-hydrogen) atoms. The number of rotatable bonds is 11. The summed E-state index contributed by atoms with van der Waals surface area (Å²) in [4.78, 5) is 5.87. The minimum atomic E-state index is -3.11. The largest absolute Gasteiger partial charge is 0.357 e. The van der Waals surface area contributed by atoms with Gasteiger partial charge in [-0.05, 0) is 31.0 Å². The second-order valence-electron chi connectivity index (χ2n) is 6.82. The molecule has 158 valence electrons. The number of hydrogen-bond donors (Lipinski definition) is 2. The summed E-state index contributed by atoms with van der Waals surface area (Å²) >= 11 is 1.79. The molecule has 7 heteroatoms. The van der Waals surface area contributed by atoms with Gasteiger partial charge in [0.15, 0.2) is 15.8 Å². The quantitative estimate of drug-likeness (QED) is 0.245. The molecule has 0 radical (unpaired) electrons. The molecule has 2 rings (SSSR count). The molecule has 2 N–H and O–H groups in total. The van der Waals surface area contributed by atoms with Gasteiger partial charge >= 0.3 is 0 Å². The van der Waals surface area contributed by atoms with E-state index in [0.717, 1.165) is 18.1 Å². The molecule has 0 saturated heterocycles. The molecule has 0 aliphatic carbocycles. The van der Waals surface area contributed by atoms with E-state index in [4.69, 9.17) is 0 Å². The predicted octanol–water partition coefficient (Wildman–Crippen LogP) is 3.73. The Morgan fingerprint density at radius 1 is 1.03 bits per heavy atom. The van der Waals surface area contributed by atoms with Crippen LogP contribution in [0.2, 0.25) is 0 Å². The van der Waals surface area contributed by atoms with Crippen LogP contribution in [0.1, 0.15) is 25.8 Å². The molecule has 0 bridgehead atoms. The molecule has 2 aromatic rings. The number of benzene rings is 2. The van der Waals surface area contributed by atoms with Crippen LogP contribution in [0.5, 0.6) is 0 Å². The van der Waals surface area contributed by atoms with Gasteiger partial charge < -0.3 is 10.6 Å². The van der Waals surface area contributed by atoms with Crippen molar-refractivity contribution in [3.63, 3.8) is 0 Å². The van der Waals surface area contributed by atoms with Crippen LogP contribution >= 0.6 is 11.8 Å². The van der Waals surface area contributed by atoms with Gasteiger partial charge in [0.1, 0.15) is 0 Å². The van der Waals surface area contributed by atoms with Gasteiger partial charge in [-0.3, -0.25) is 4.99 Å². The lowest BCUT2D eigenvalue weighted by Crippen LogP contribution is -2.38. The standard InChI is InChI=1S/C22H31N3O2S2/c1-3-23-22(25-17-19(2)28-21-13-8-5-9-14-21)24-15-10-16-29(26,27)18-20-11-6-4-7-12-20/h4-9,11-14,19H,3,10,15-18H2,1-2H3,(H2,23,24,25). The third-order valence-electron chi connectivity index (χ3n) is 4.09. The monoisotopic (exact) mass is 433 g/mol. The summed E-state index contributed by atoms with van der Waals surface area (Å²) in [6.45, 7) is 6.18. The SMILES string of the molecule is CCNC(=NCC(C)Sc1ccccc1)NCCCS(=O)(=O)Cc1ccccc1. The lowest BCUT2D eigenvalue weighted by atomic mass is 10.2. The molecular formula is C22H31N3O2S2. The highest BCUT2D eigenvalue weighted by Gasteiger charge is 2.11. The number of sulfone groups is 1. The summed E-state index contributed by atoms with van der Waals surface area (Å²) in [5.74, 6) is 0.985. The molecule has 0 fully saturated rings. The van der Waals surface area contributed by atoms with E-state index in [0.29, 0.717) is 24.8 Å². The maximum absolute atomic E-state index is 12.3. The summed E-state index contributed by atoms with van der Waals surface area (Å²) in [7, 11) is -3.11. The molecule has 1 unspecified atom stereocenters. The zero-order valence-electron chi connectivity index (χ0n) is 17.2. The highest BCUT2D eigenvalue weighted by atomic mass is 32.2. The number of thioether (sulfide) groups is 1. The highest BCUT2D eigenvalue weighted by Crippen LogP contribution is 2.22. The van der Waals surface area contributed by atoms with Gasteiger partial charge in [-0.15, -0.1) is 11.8 Å². The first-order valence-corrected chi connectivity index (χ1v) is 12.7. The van der Waals surface area contributed by atoms with Crippen molar-refractivity contribution < 1.29 is 8.42 Å². The number of aliphatic imine (C=N–C) groups is 1. The number of hydrogen-bond acceptors (Lipinski definition) is 4. The van der Waals surface area contributed by atoms with Crippen molar-refractivity contribution in [2.75, 3.05) is 25.4 Å². The van der Waals surface area contributed by atoms with Crippen LogP contribution in [0.25, 0.3) is 0 Å². The lowest BCUT2D eigenvalue weighted by molar-refractivity contribution is 0.591. The van der Waals surface area contributed by atoms with Crippen LogP contribution in [0.15, 0.2) is 70.6 Å². The average Bonchev–Trinajstić information content (AvgIpc) is 2.70. The normalized spacial score (nSPS) is 13.1. The Morgan fingerprint density at radius 3 is 2.34 bits per heavy atom. The van der Waals surface area contributed by atoms with Crippen molar-refractivity contribution in [2.45, 2.75) is 36.2 Å². The van der Waals surface area contributed by atoms with Gasteiger partial charge in [0.25, 0.3) is 0 Å². The maximum atomic E-state index is 12.3. The van der Waals surface area contributed by atoms with Crippen LogP contribution in [0, 0.1) is 0 Å². The van der Waals surface area contributed by atoms with Crippen molar-refractivity contribution in [1.82, 2.24) is 10.6 Å². The van der Waals surface area contributed by atoms with E-state index < -0.39 is 9.84 Å². The minimum Gasteiger partial charge on any atom is -0.357 e. The van der Waals surface area contributed by atoms with Crippen molar-refractivity contribution in [2.24, 2.45) is 4.99 Å². The van der Waals surface area contributed by atoms with Crippen LogP contribution in [0.3, 0.4) is 0 Å². The fraction of sp³-hybridized carbons (Fsp3) is 0.409. The number of guanidine groups is 1. The topological polar surface area (TPSA) is 70.6 Å². The third-order valence-corrected chi connectivity index (χ3v) is 6.86. The Morgan fingerprint density at radius 2 is 1.69 bits per heavy atom. The van der Waals surface area contributed by atoms with Gasteiger partial charge in [-0.2, -0.15) is 0 Å². The molecule has 0 amide bonds. The third kappa shape index (κ3) is 9.85. The van der Waals surface area contributed by atoms with Gasteiger partial charge in [-0.25, -0.2) is 8.42 Å². The molecule has 0 aliphatic heterocycles. The van der Waals surface area contributed by atoms with Crippen LogP contribution < -0.4 is 10.6 Å². The van der Waals surface area contributed by atoms with Crippen LogP contribution in [0.4, 0.5) is 0 Å². The zero-order valence-corrected chi connectivity index (χ0v) is 18.8. The molecule has 0 aliphatic rings. The second kappa shape index (κ2) is 12.5. The molecule has 0 heterocycles. The maximum Gasteiger partial charge on any atom is 0.191 e. The second-order valence-corrected chi connectivity index (χ2v) is 10.5. The molecule has 5 nitrogen and oxygen atoms in total. The summed E-state index contributed by atoms with van der Waals surface area (Å²) in [5, 5.41) is 6.81. The van der Waals surface area contributed by atoms with E-state index >= 15 is 0 Å². The smallest absolute Gasteiger partial charge is 0.191 e. The van der Waals surface area contributed by atoms with E-state index in [9.17, 15) is 8.42 Å². The van der Waals surface area contributed by atoms with Crippen molar-refractivity contribution in [3.8, 4) is 0 Å². The Balaban J connectivity index is 1.75. The van der Waals surface area contributed by atoms with Crippen molar-refractivity contribution >= 4 is 27.6 Å². The Bertz CT molecular complexity index is 841. The van der Waals surface area contributed by atoms with Crippen LogP contribution in [-0.2, 0) is 15.6 Å². The van der Waals surface area contributed by atoms with E-state index in [1.165, 1.54) is 4.90 Å². The first-order valence-electron chi connectivity index (χ1n) is 9.97. The fourth-order valence-electron chi connectivity index (χ4n) is 2.73. The zero-order chi connectivity index (χ0) is 21.0. The van der Waals surface area contributed by atoms with Gasteiger partial charge in [0.2, 0.25) is 0 Å². The van der Waals surface area contributed by atoms with Crippen molar-refractivity contribution in [3.05, 3.63) is 66.2 Å². The number of nitrogens with zero attached hydrogens (tertiary/aromatic N) is 1. The van der Waals surface area contributed by atoms with E-state index in [1.807, 2.05) is 55.5 Å². The van der Waals surface area contributed by atoms with Gasteiger partial charge in [-0.1, -0.05) is 55.5 Å². The first-order chi connectivity index (χ1) is 14.0. The first kappa shape index (κ1) is 23.3. The Kier molecular flexibility index (Phi) is 10.1. The highest BCUT2D eigenvalue weighted by molar-refractivity contribution is 8.00. The van der Waals surface area contributed by atoms with E-state index in [1.54, 1.807) is 11.8 Å². The minimum absolute atomic E-state index is 0.0935.